The van der Waals surface area contributed by atoms with Crippen molar-refractivity contribution >= 4 is 40.6 Å². The first-order valence-corrected chi connectivity index (χ1v) is 9.00. The van der Waals surface area contributed by atoms with Crippen LogP contribution in [-0.4, -0.2) is 16.8 Å². The predicted octanol–water partition coefficient (Wildman–Crippen LogP) is 5.26. The molecule has 2 aromatic rings. The second kappa shape index (κ2) is 7.33. The van der Waals surface area contributed by atoms with Crippen LogP contribution in [0.15, 0.2) is 53.8 Å². The highest BCUT2D eigenvalue weighted by molar-refractivity contribution is 6.42. The summed E-state index contributed by atoms with van der Waals surface area (Å²) in [6, 6.07) is 9.16. The molecule has 0 spiro atoms. The minimum Gasteiger partial charge on any atom is -0.503 e. The van der Waals surface area contributed by atoms with Crippen LogP contribution in [0.25, 0.3) is 0 Å². The molecule has 1 unspecified atom stereocenters. The number of aliphatic hydroxyl groups is 1. The van der Waals surface area contributed by atoms with Crippen molar-refractivity contribution in [1.82, 2.24) is 0 Å². The summed E-state index contributed by atoms with van der Waals surface area (Å²) in [7, 11) is 0. The fourth-order valence-electron chi connectivity index (χ4n) is 3.06. The third-order valence-electron chi connectivity index (χ3n) is 4.38. The largest absolute Gasteiger partial charge is 0.503 e. The van der Waals surface area contributed by atoms with E-state index in [9.17, 15) is 19.1 Å². The summed E-state index contributed by atoms with van der Waals surface area (Å²) in [5.74, 6) is -3.00. The minimum atomic E-state index is -1.11. The average molecular weight is 408 g/mol. The summed E-state index contributed by atoms with van der Waals surface area (Å²) in [4.78, 5) is 26.7. The fourth-order valence-corrected chi connectivity index (χ4v) is 3.35. The molecule has 0 bridgehead atoms. The van der Waals surface area contributed by atoms with Crippen LogP contribution < -0.4 is 4.90 Å². The molecule has 0 saturated carbocycles. The maximum absolute atomic E-state index is 14.6. The second-order valence-corrected chi connectivity index (χ2v) is 7.29. The van der Waals surface area contributed by atoms with Crippen molar-refractivity contribution in [1.29, 1.82) is 0 Å². The molecule has 0 saturated heterocycles. The van der Waals surface area contributed by atoms with Gasteiger partial charge in [0.2, 0.25) is 0 Å². The highest BCUT2D eigenvalue weighted by Gasteiger charge is 2.45. The van der Waals surface area contributed by atoms with Gasteiger partial charge in [-0.3, -0.25) is 14.5 Å². The Kier molecular flexibility index (Phi) is 5.27. The molecule has 1 amide bonds. The Hall–Kier alpha value is -2.37. The zero-order valence-corrected chi connectivity index (χ0v) is 16.1. The number of anilines is 1. The Bertz CT molecular complexity index is 971. The van der Waals surface area contributed by atoms with Gasteiger partial charge in [-0.15, -0.1) is 0 Å². The van der Waals surface area contributed by atoms with Crippen LogP contribution in [0.3, 0.4) is 0 Å². The van der Waals surface area contributed by atoms with Gasteiger partial charge < -0.3 is 5.11 Å². The molecule has 0 aliphatic carbocycles. The second-order valence-electron chi connectivity index (χ2n) is 6.48. The molecule has 0 radical (unpaired) electrons. The summed E-state index contributed by atoms with van der Waals surface area (Å²) in [6.07, 6.45) is 0. The standard InChI is InChI=1S/C20H16Cl2FNO3/c1-10(2)18(25)16-17(12-5-3-4-6-15(12)23)24(20(27)19(16)26)11-7-8-13(21)14(22)9-11/h3-10,17,26H,1-2H3. The van der Waals surface area contributed by atoms with Crippen molar-refractivity contribution in [3.63, 3.8) is 0 Å². The first kappa shape index (κ1) is 19.4. The molecule has 4 nitrogen and oxygen atoms in total. The summed E-state index contributed by atoms with van der Waals surface area (Å²) in [6.45, 7) is 3.29. The Labute approximate surface area is 165 Å². The normalized spacial score (nSPS) is 17.2. The lowest BCUT2D eigenvalue weighted by Gasteiger charge is -2.27. The number of nitrogens with zero attached hydrogens (tertiary/aromatic N) is 1. The van der Waals surface area contributed by atoms with E-state index in [0.29, 0.717) is 5.69 Å². The Morgan fingerprint density at radius 1 is 1.15 bits per heavy atom. The van der Waals surface area contributed by atoms with Crippen LogP contribution in [0.2, 0.25) is 10.0 Å². The molecule has 2 aromatic carbocycles. The molecule has 1 aliphatic heterocycles. The number of hydrogen-bond acceptors (Lipinski definition) is 3. The van der Waals surface area contributed by atoms with Crippen molar-refractivity contribution in [3.8, 4) is 0 Å². The van der Waals surface area contributed by atoms with Crippen LogP contribution in [0, 0.1) is 11.7 Å². The van der Waals surface area contributed by atoms with Gasteiger partial charge in [0.05, 0.1) is 21.7 Å². The maximum atomic E-state index is 14.6. The molecule has 7 heteroatoms. The number of Topliss-reactive ketones (excluding diaryl/α,β-unsaturated/α-hetero) is 1. The Morgan fingerprint density at radius 3 is 2.41 bits per heavy atom. The first-order chi connectivity index (χ1) is 12.7. The van der Waals surface area contributed by atoms with Gasteiger partial charge in [0.15, 0.2) is 11.5 Å². The van der Waals surface area contributed by atoms with E-state index in [0.717, 1.165) is 4.90 Å². The number of carbonyl (C=O) groups is 2. The smallest absolute Gasteiger partial charge is 0.294 e. The van der Waals surface area contributed by atoms with Crippen LogP contribution in [-0.2, 0) is 9.59 Å². The van der Waals surface area contributed by atoms with E-state index >= 15 is 0 Å². The predicted molar refractivity (Wildman–Crippen MR) is 103 cm³/mol. The van der Waals surface area contributed by atoms with Crippen LogP contribution in [0.4, 0.5) is 10.1 Å². The first-order valence-electron chi connectivity index (χ1n) is 8.24. The van der Waals surface area contributed by atoms with Gasteiger partial charge in [-0.05, 0) is 24.3 Å². The fraction of sp³-hybridized carbons (Fsp3) is 0.200. The van der Waals surface area contributed by atoms with E-state index in [1.54, 1.807) is 19.9 Å². The molecule has 0 fully saturated rings. The molecule has 140 valence electrons. The quantitative estimate of drug-likeness (QED) is 0.751. The summed E-state index contributed by atoms with van der Waals surface area (Å²) in [5, 5.41) is 10.9. The molecular formula is C20H16Cl2FNO3. The molecule has 1 N–H and O–H groups in total. The van der Waals surface area contributed by atoms with E-state index in [1.165, 1.54) is 36.4 Å². The molecule has 3 rings (SSSR count). The van der Waals surface area contributed by atoms with E-state index in [1.807, 2.05) is 0 Å². The number of benzene rings is 2. The number of rotatable bonds is 4. The third kappa shape index (κ3) is 3.33. The van der Waals surface area contributed by atoms with Crippen molar-refractivity contribution in [2.45, 2.75) is 19.9 Å². The van der Waals surface area contributed by atoms with Gasteiger partial charge in [-0.1, -0.05) is 55.2 Å². The zero-order valence-electron chi connectivity index (χ0n) is 14.5. The van der Waals surface area contributed by atoms with Crippen LogP contribution in [0.1, 0.15) is 25.5 Å². The maximum Gasteiger partial charge on any atom is 0.294 e. The highest BCUT2D eigenvalue weighted by atomic mass is 35.5. The van der Waals surface area contributed by atoms with Crippen LogP contribution in [0.5, 0.6) is 0 Å². The third-order valence-corrected chi connectivity index (χ3v) is 5.12. The monoisotopic (exact) mass is 407 g/mol. The van der Waals surface area contributed by atoms with Gasteiger partial charge in [0.25, 0.3) is 5.91 Å². The van der Waals surface area contributed by atoms with Gasteiger partial charge in [0, 0.05) is 17.2 Å². The lowest BCUT2D eigenvalue weighted by Crippen LogP contribution is -2.32. The van der Waals surface area contributed by atoms with E-state index in [2.05, 4.69) is 0 Å². The molecule has 1 heterocycles. The molecule has 0 aromatic heterocycles. The van der Waals surface area contributed by atoms with E-state index in [-0.39, 0.29) is 21.2 Å². The van der Waals surface area contributed by atoms with Gasteiger partial charge >= 0.3 is 0 Å². The van der Waals surface area contributed by atoms with Crippen molar-refractivity contribution in [2.24, 2.45) is 5.92 Å². The molecule has 1 aliphatic rings. The number of aliphatic hydroxyl groups excluding tert-OH is 1. The summed E-state index contributed by atoms with van der Waals surface area (Å²) in [5.41, 5.74) is 0.261. The lowest BCUT2D eigenvalue weighted by atomic mass is 9.91. The summed E-state index contributed by atoms with van der Waals surface area (Å²) >= 11 is 12.0. The van der Waals surface area contributed by atoms with E-state index < -0.39 is 35.2 Å². The van der Waals surface area contributed by atoms with Gasteiger partial charge in [-0.2, -0.15) is 0 Å². The van der Waals surface area contributed by atoms with Gasteiger partial charge in [-0.25, -0.2) is 4.39 Å². The molecule has 1 atom stereocenters. The molecular weight excluding hydrogens is 392 g/mol. The Balaban J connectivity index is 2.24. The van der Waals surface area contributed by atoms with Crippen molar-refractivity contribution < 1.29 is 19.1 Å². The van der Waals surface area contributed by atoms with Gasteiger partial charge in [0.1, 0.15) is 5.82 Å². The lowest BCUT2D eigenvalue weighted by molar-refractivity contribution is -0.119. The van der Waals surface area contributed by atoms with Crippen molar-refractivity contribution in [2.75, 3.05) is 4.90 Å². The molecule has 27 heavy (non-hydrogen) atoms. The minimum absolute atomic E-state index is 0.102. The highest BCUT2D eigenvalue weighted by Crippen LogP contribution is 2.43. The summed E-state index contributed by atoms with van der Waals surface area (Å²) < 4.78 is 14.6. The number of halogens is 3. The SMILES string of the molecule is CC(C)C(=O)C1=C(O)C(=O)N(c2ccc(Cl)c(Cl)c2)C1c1ccccc1F. The van der Waals surface area contributed by atoms with E-state index in [4.69, 9.17) is 23.2 Å². The Morgan fingerprint density at radius 2 is 1.81 bits per heavy atom. The topological polar surface area (TPSA) is 57.6 Å². The average Bonchev–Trinajstić information content (AvgIpc) is 2.88. The number of ketones is 1. The zero-order chi connectivity index (χ0) is 19.9. The number of amides is 1. The van der Waals surface area contributed by atoms with Crippen molar-refractivity contribution in [3.05, 3.63) is 75.2 Å². The number of carbonyl (C=O) groups excluding carboxylic acids is 2. The number of hydrogen-bond donors (Lipinski definition) is 1. The van der Waals surface area contributed by atoms with Crippen LogP contribution >= 0.6 is 23.2 Å².